The first-order chi connectivity index (χ1) is 31.9. The third kappa shape index (κ3) is 15.3. The highest BCUT2D eigenvalue weighted by atomic mass is 32.1. The van der Waals surface area contributed by atoms with Gasteiger partial charge in [0.1, 0.15) is 6.04 Å². The molecule has 4 atom stereocenters. The van der Waals surface area contributed by atoms with Crippen molar-refractivity contribution in [2.75, 3.05) is 64.7 Å². The average Bonchev–Trinajstić information content (AvgIpc) is 4.08. The standard InChI is InChI=1S/C45H63N13O7S/c1-2-17-56(26-39(59)49-16-20-66)42(62)28-57(18-13-30-22-51-36-10-5-3-8-33(30)36)41(61)25-53-43(63)38(12-7-15-50-45(47)65)55-40(60)27-58(44(64)35(46)21-32-24-48-29-54-32)19-14-31-23-52-37-11-6-4-9-34(31)37/h3-6,8-11,22-24,29,34-35,37-38,51-52,66H,2,7,12-21,25-28,46H2,1H3,(H,48,54)(H,49,59)(H,53,63)(H,55,60)(H3,47,50,65)/t34?,35-,37?,38?/m0/s1. The second-order valence-corrected chi connectivity index (χ2v) is 16.6. The van der Waals surface area contributed by atoms with E-state index in [1.165, 1.54) is 21.0 Å². The van der Waals surface area contributed by atoms with Gasteiger partial charge in [-0.2, -0.15) is 12.6 Å². The van der Waals surface area contributed by atoms with Crippen LogP contribution >= 0.6 is 12.6 Å². The zero-order valence-electron chi connectivity index (χ0n) is 37.3. The van der Waals surface area contributed by atoms with Gasteiger partial charge in [0.2, 0.25) is 35.4 Å². The zero-order chi connectivity index (χ0) is 47.4. The van der Waals surface area contributed by atoms with Crippen molar-refractivity contribution in [3.63, 3.8) is 0 Å². The molecule has 1 aliphatic heterocycles. The molecule has 1 aromatic carbocycles. The van der Waals surface area contributed by atoms with Crippen LogP contribution < -0.4 is 38.1 Å². The lowest BCUT2D eigenvalue weighted by Crippen LogP contribution is -2.54. The van der Waals surface area contributed by atoms with E-state index in [1.54, 1.807) is 6.20 Å². The number of nitrogens with one attached hydrogen (secondary N) is 7. The molecule has 0 saturated heterocycles. The van der Waals surface area contributed by atoms with Crippen LogP contribution in [0.25, 0.3) is 10.9 Å². The van der Waals surface area contributed by atoms with Gasteiger partial charge in [0.25, 0.3) is 0 Å². The van der Waals surface area contributed by atoms with Gasteiger partial charge in [-0.25, -0.2) is 9.78 Å². The van der Waals surface area contributed by atoms with E-state index in [0.29, 0.717) is 37.3 Å². The van der Waals surface area contributed by atoms with Gasteiger partial charge < -0.3 is 62.7 Å². The Hall–Kier alpha value is -6.61. The monoisotopic (exact) mass is 929 g/mol. The molecule has 0 spiro atoms. The Balaban J connectivity index is 1.28. The maximum atomic E-state index is 14.0. The fourth-order valence-electron chi connectivity index (χ4n) is 7.87. The summed E-state index contributed by atoms with van der Waals surface area (Å²) >= 11 is 4.13. The molecule has 8 amide bonds. The molecule has 20 nitrogen and oxygen atoms in total. The lowest BCUT2D eigenvalue weighted by molar-refractivity contribution is -0.142. The molecule has 3 unspecified atom stereocenters. The van der Waals surface area contributed by atoms with Gasteiger partial charge in [0.05, 0.1) is 50.3 Å². The van der Waals surface area contributed by atoms with Crippen LogP contribution in [0.1, 0.15) is 43.9 Å². The number of H-pyrrole nitrogens is 2. The summed E-state index contributed by atoms with van der Waals surface area (Å²) in [5.74, 6) is -2.68. The van der Waals surface area contributed by atoms with E-state index in [0.717, 1.165) is 22.0 Å². The summed E-state index contributed by atoms with van der Waals surface area (Å²) in [5, 5.41) is 14.8. The van der Waals surface area contributed by atoms with E-state index >= 15 is 0 Å². The number of aromatic amines is 2. The molecule has 1 aliphatic carbocycles. The third-order valence-electron chi connectivity index (χ3n) is 11.3. The molecule has 2 aliphatic rings. The molecule has 3 aromatic rings. The van der Waals surface area contributed by atoms with E-state index in [2.05, 4.69) is 66.3 Å². The van der Waals surface area contributed by atoms with Crippen LogP contribution in [0.3, 0.4) is 0 Å². The third-order valence-corrected chi connectivity index (χ3v) is 11.5. The van der Waals surface area contributed by atoms with Crippen molar-refractivity contribution < 1.29 is 33.6 Å². The van der Waals surface area contributed by atoms with Crippen LogP contribution in [-0.2, 0) is 41.6 Å². The first-order valence-corrected chi connectivity index (χ1v) is 22.9. The number of benzene rings is 1. The number of para-hydroxylation sites is 1. The fourth-order valence-corrected chi connectivity index (χ4v) is 7.98. The number of hydrogen-bond donors (Lipinski definition) is 10. The Labute approximate surface area is 389 Å². The largest absolute Gasteiger partial charge is 0.384 e. The van der Waals surface area contributed by atoms with Crippen molar-refractivity contribution in [3.8, 4) is 0 Å². The van der Waals surface area contributed by atoms with Gasteiger partial charge in [-0.05, 0) is 55.5 Å². The summed E-state index contributed by atoms with van der Waals surface area (Å²) in [6.07, 6.45) is 16.7. The average molecular weight is 930 g/mol. The highest BCUT2D eigenvalue weighted by Crippen LogP contribution is 2.28. The summed E-state index contributed by atoms with van der Waals surface area (Å²) < 4.78 is 0. The number of allylic oxidation sites excluding steroid dienone is 2. The molecule has 66 heavy (non-hydrogen) atoms. The Kier molecular flexibility index (Phi) is 19.7. The van der Waals surface area contributed by atoms with E-state index < -0.39 is 60.7 Å². The van der Waals surface area contributed by atoms with E-state index in [-0.39, 0.29) is 76.4 Å². The zero-order valence-corrected chi connectivity index (χ0v) is 38.2. The number of amides is 8. The Bertz CT molecular complexity index is 2230. The highest BCUT2D eigenvalue weighted by Gasteiger charge is 2.31. The Morgan fingerprint density at radius 2 is 1.62 bits per heavy atom. The minimum Gasteiger partial charge on any atom is -0.384 e. The molecule has 21 heteroatoms. The smallest absolute Gasteiger partial charge is 0.312 e. The number of primary amides is 1. The first kappa shape index (κ1) is 50.4. The van der Waals surface area contributed by atoms with Crippen LogP contribution in [0.15, 0.2) is 79.1 Å². The number of aromatic nitrogens is 3. The predicted octanol–water partition coefficient (Wildman–Crippen LogP) is -0.0172. The molecule has 2 aromatic heterocycles. The molecule has 356 valence electrons. The Morgan fingerprint density at radius 3 is 2.38 bits per heavy atom. The number of hydrogen-bond acceptors (Lipinski definition) is 11. The molecule has 0 bridgehead atoms. The van der Waals surface area contributed by atoms with Crippen molar-refractivity contribution in [3.05, 3.63) is 90.3 Å². The number of thiol groups is 1. The van der Waals surface area contributed by atoms with Crippen molar-refractivity contribution in [1.29, 1.82) is 0 Å². The molecule has 11 N–H and O–H groups in total. The number of carbonyl (C=O) groups is 7. The molecular weight excluding hydrogens is 867 g/mol. The van der Waals surface area contributed by atoms with Crippen LogP contribution in [0.2, 0.25) is 0 Å². The van der Waals surface area contributed by atoms with Gasteiger partial charge in [-0.3, -0.25) is 28.8 Å². The summed E-state index contributed by atoms with van der Waals surface area (Å²) in [6.45, 7) is 1.35. The normalized spacial score (nSPS) is 15.7. The molecule has 0 fully saturated rings. The summed E-state index contributed by atoms with van der Waals surface area (Å²) in [5.41, 5.74) is 15.1. The first-order valence-electron chi connectivity index (χ1n) is 22.3. The van der Waals surface area contributed by atoms with E-state index in [9.17, 15) is 33.6 Å². The summed E-state index contributed by atoms with van der Waals surface area (Å²) in [7, 11) is 0. The lowest BCUT2D eigenvalue weighted by atomic mass is 9.89. The fraction of sp³-hybridized carbons (Fsp3) is 0.467. The number of imidazole rings is 1. The Morgan fingerprint density at radius 1 is 0.864 bits per heavy atom. The van der Waals surface area contributed by atoms with Crippen LogP contribution in [0.5, 0.6) is 0 Å². The van der Waals surface area contributed by atoms with Crippen LogP contribution in [-0.4, -0.2) is 154 Å². The molecule has 5 rings (SSSR count). The molecule has 0 radical (unpaired) electrons. The minimum atomic E-state index is -1.20. The van der Waals surface area contributed by atoms with Gasteiger partial charge in [-0.1, -0.05) is 49.4 Å². The van der Waals surface area contributed by atoms with Gasteiger partial charge in [0, 0.05) is 74.1 Å². The second-order valence-electron chi connectivity index (χ2n) is 16.2. The number of urea groups is 1. The minimum absolute atomic E-state index is 0.0319. The maximum absolute atomic E-state index is 14.0. The van der Waals surface area contributed by atoms with Crippen molar-refractivity contribution in [2.45, 2.75) is 63.6 Å². The van der Waals surface area contributed by atoms with Crippen molar-refractivity contribution >= 4 is 65.0 Å². The molecular formula is C45H63N13O7S. The molecule has 3 heterocycles. The number of nitrogens with two attached hydrogens (primary N) is 2. The molecule has 0 saturated carbocycles. The van der Waals surface area contributed by atoms with E-state index in [1.807, 2.05) is 55.7 Å². The van der Waals surface area contributed by atoms with Gasteiger partial charge in [0.15, 0.2) is 0 Å². The second kappa shape index (κ2) is 25.8. The SMILES string of the molecule is CCCN(CC(=O)NCCS)C(=O)CN(CCc1c[nH]c2ccccc12)C(=O)CNC(=O)C(CCCNC(N)=O)NC(=O)CN(CCC1=CNC2C=CC=CC12)C(=O)[C@@H](N)Cc1c[nH]cn1. The topological polar surface area (TPSA) is 286 Å². The summed E-state index contributed by atoms with van der Waals surface area (Å²) in [6, 6.07) is 4.82. The van der Waals surface area contributed by atoms with Crippen molar-refractivity contribution in [1.82, 2.24) is 56.2 Å². The lowest BCUT2D eigenvalue weighted by Gasteiger charge is -2.28. The van der Waals surface area contributed by atoms with Crippen LogP contribution in [0, 0.1) is 5.92 Å². The van der Waals surface area contributed by atoms with Crippen LogP contribution in [0.4, 0.5) is 4.79 Å². The number of rotatable bonds is 27. The van der Waals surface area contributed by atoms with Gasteiger partial charge in [-0.15, -0.1) is 0 Å². The highest BCUT2D eigenvalue weighted by molar-refractivity contribution is 7.80. The number of carbonyl (C=O) groups excluding carboxylic acids is 7. The number of nitrogens with zero attached hydrogens (tertiary/aromatic N) is 4. The summed E-state index contributed by atoms with van der Waals surface area (Å²) in [4.78, 5) is 108. The number of fused-ring (bicyclic) bond motifs is 2. The van der Waals surface area contributed by atoms with Crippen molar-refractivity contribution in [2.24, 2.45) is 17.4 Å². The van der Waals surface area contributed by atoms with Gasteiger partial charge >= 0.3 is 6.03 Å². The predicted molar refractivity (Wildman–Crippen MR) is 252 cm³/mol. The van der Waals surface area contributed by atoms with E-state index in [4.69, 9.17) is 11.5 Å². The maximum Gasteiger partial charge on any atom is 0.312 e. The quantitative estimate of drug-likeness (QED) is 0.0360.